The molecule has 0 amide bonds. The van der Waals surface area contributed by atoms with Gasteiger partial charge in [-0.3, -0.25) is 0 Å². The summed E-state index contributed by atoms with van der Waals surface area (Å²) in [6.45, 7) is 1.88. The van der Waals surface area contributed by atoms with Crippen LogP contribution in [0.3, 0.4) is 0 Å². The number of rotatable bonds is 3. The predicted octanol–water partition coefficient (Wildman–Crippen LogP) is 3.83. The number of carbonyl (C=O) groups is 1. The molecule has 0 aliphatic carbocycles. The SMILES string of the molecule is Cc1cc(Br)c(Nc2nccc(C(=O)O)c2N)cc1Cl. The molecule has 104 valence electrons. The van der Waals surface area contributed by atoms with Gasteiger partial charge >= 0.3 is 5.97 Å². The highest BCUT2D eigenvalue weighted by Gasteiger charge is 2.13. The van der Waals surface area contributed by atoms with Crippen LogP contribution in [0.15, 0.2) is 28.9 Å². The Kier molecular flexibility index (Phi) is 4.15. The van der Waals surface area contributed by atoms with Crippen LogP contribution in [-0.2, 0) is 0 Å². The fourth-order valence-electron chi connectivity index (χ4n) is 1.63. The zero-order valence-electron chi connectivity index (χ0n) is 10.4. The minimum absolute atomic E-state index is 0.00293. The van der Waals surface area contributed by atoms with Crippen molar-refractivity contribution < 1.29 is 9.90 Å². The van der Waals surface area contributed by atoms with Crippen molar-refractivity contribution in [2.75, 3.05) is 11.1 Å². The molecule has 0 radical (unpaired) electrons. The smallest absolute Gasteiger partial charge is 0.337 e. The lowest BCUT2D eigenvalue weighted by Gasteiger charge is -2.12. The number of aryl methyl sites for hydroxylation is 1. The van der Waals surface area contributed by atoms with Gasteiger partial charge in [0.15, 0.2) is 5.82 Å². The highest BCUT2D eigenvalue weighted by Crippen LogP contribution is 2.32. The molecule has 0 aliphatic rings. The molecule has 0 aliphatic heterocycles. The number of halogens is 2. The third-order valence-corrected chi connectivity index (χ3v) is 3.79. The van der Waals surface area contributed by atoms with Gasteiger partial charge in [-0.2, -0.15) is 0 Å². The maximum absolute atomic E-state index is 11.0. The number of anilines is 3. The van der Waals surface area contributed by atoms with Crippen molar-refractivity contribution in [3.63, 3.8) is 0 Å². The summed E-state index contributed by atoms with van der Waals surface area (Å²) >= 11 is 9.47. The molecule has 4 N–H and O–H groups in total. The van der Waals surface area contributed by atoms with Crippen LogP contribution in [0.25, 0.3) is 0 Å². The number of carboxylic acid groups (broad SMARTS) is 1. The summed E-state index contributed by atoms with van der Waals surface area (Å²) in [5.74, 6) is -0.834. The molecule has 5 nitrogen and oxygen atoms in total. The van der Waals surface area contributed by atoms with E-state index in [9.17, 15) is 4.79 Å². The van der Waals surface area contributed by atoms with Crippen LogP contribution < -0.4 is 11.1 Å². The first kappa shape index (κ1) is 14.6. The zero-order chi connectivity index (χ0) is 14.9. The van der Waals surface area contributed by atoms with E-state index < -0.39 is 5.97 Å². The second-order valence-corrected chi connectivity index (χ2v) is 5.39. The average molecular weight is 357 g/mol. The van der Waals surface area contributed by atoms with E-state index in [1.165, 1.54) is 12.3 Å². The molecule has 0 atom stereocenters. The Labute approximate surface area is 128 Å². The van der Waals surface area contributed by atoms with Gasteiger partial charge in [-0.25, -0.2) is 9.78 Å². The third kappa shape index (κ3) is 2.86. The number of hydrogen-bond acceptors (Lipinski definition) is 4. The average Bonchev–Trinajstić information content (AvgIpc) is 2.37. The molecule has 1 aromatic heterocycles. The second-order valence-electron chi connectivity index (χ2n) is 4.13. The normalized spacial score (nSPS) is 10.3. The van der Waals surface area contributed by atoms with Crippen LogP contribution in [0.5, 0.6) is 0 Å². The molecule has 7 heteroatoms. The van der Waals surface area contributed by atoms with Gasteiger partial charge < -0.3 is 16.2 Å². The van der Waals surface area contributed by atoms with Gasteiger partial charge in [-0.05, 0) is 46.6 Å². The van der Waals surface area contributed by atoms with Crippen molar-refractivity contribution in [2.45, 2.75) is 6.92 Å². The Hall–Kier alpha value is -1.79. The molecule has 2 aromatic rings. The van der Waals surface area contributed by atoms with Gasteiger partial charge in [0.2, 0.25) is 0 Å². The number of nitrogens with two attached hydrogens (primary N) is 1. The molecule has 1 aromatic carbocycles. The summed E-state index contributed by atoms with van der Waals surface area (Å²) < 4.78 is 0.779. The summed E-state index contributed by atoms with van der Waals surface area (Å²) in [7, 11) is 0. The van der Waals surface area contributed by atoms with Crippen molar-refractivity contribution in [2.24, 2.45) is 0 Å². The predicted molar refractivity (Wildman–Crippen MR) is 82.8 cm³/mol. The van der Waals surface area contributed by atoms with Gasteiger partial charge in [-0.1, -0.05) is 11.6 Å². The number of nitrogen functional groups attached to an aromatic ring is 1. The first-order chi connectivity index (χ1) is 9.40. The van der Waals surface area contributed by atoms with Crippen molar-refractivity contribution >= 4 is 50.7 Å². The molecule has 0 bridgehead atoms. The number of pyridine rings is 1. The van der Waals surface area contributed by atoms with Crippen LogP contribution in [0.1, 0.15) is 15.9 Å². The monoisotopic (exact) mass is 355 g/mol. The Morgan fingerprint density at radius 2 is 2.20 bits per heavy atom. The molecular formula is C13H11BrClN3O2. The number of nitrogens with one attached hydrogen (secondary N) is 1. The topological polar surface area (TPSA) is 88.2 Å². The molecule has 0 unspecified atom stereocenters. The minimum Gasteiger partial charge on any atom is -0.478 e. The van der Waals surface area contributed by atoms with E-state index >= 15 is 0 Å². The van der Waals surface area contributed by atoms with Gasteiger partial charge in [0, 0.05) is 15.7 Å². The van der Waals surface area contributed by atoms with Crippen LogP contribution in [0, 0.1) is 6.92 Å². The van der Waals surface area contributed by atoms with Crippen molar-refractivity contribution in [1.82, 2.24) is 4.98 Å². The van der Waals surface area contributed by atoms with Crippen molar-refractivity contribution in [1.29, 1.82) is 0 Å². The summed E-state index contributed by atoms with van der Waals surface area (Å²) in [6, 6.07) is 4.91. The van der Waals surface area contributed by atoms with E-state index in [-0.39, 0.29) is 17.1 Å². The van der Waals surface area contributed by atoms with Crippen LogP contribution in [0.2, 0.25) is 5.02 Å². The first-order valence-electron chi connectivity index (χ1n) is 5.60. The molecule has 0 spiro atoms. The lowest BCUT2D eigenvalue weighted by atomic mass is 10.2. The largest absolute Gasteiger partial charge is 0.478 e. The molecule has 1 heterocycles. The van der Waals surface area contributed by atoms with E-state index in [4.69, 9.17) is 22.4 Å². The maximum atomic E-state index is 11.0. The fraction of sp³-hybridized carbons (Fsp3) is 0.0769. The van der Waals surface area contributed by atoms with Gasteiger partial charge in [0.1, 0.15) is 0 Å². The summed E-state index contributed by atoms with van der Waals surface area (Å²) in [5, 5.41) is 12.6. The highest BCUT2D eigenvalue weighted by atomic mass is 79.9. The van der Waals surface area contributed by atoms with E-state index in [0.29, 0.717) is 10.7 Å². The van der Waals surface area contributed by atoms with Crippen LogP contribution >= 0.6 is 27.5 Å². The Bertz CT molecular complexity index is 692. The summed E-state index contributed by atoms with van der Waals surface area (Å²) in [5.41, 5.74) is 7.44. The van der Waals surface area contributed by atoms with Crippen molar-refractivity contribution in [3.05, 3.63) is 45.0 Å². The summed E-state index contributed by atoms with van der Waals surface area (Å²) in [4.78, 5) is 15.1. The second kappa shape index (κ2) is 5.68. The third-order valence-electron chi connectivity index (χ3n) is 2.72. The molecule has 2 rings (SSSR count). The van der Waals surface area contributed by atoms with Crippen molar-refractivity contribution in [3.8, 4) is 0 Å². The van der Waals surface area contributed by atoms with Crippen LogP contribution in [0.4, 0.5) is 17.2 Å². The summed E-state index contributed by atoms with van der Waals surface area (Å²) in [6.07, 6.45) is 1.38. The molecule has 0 saturated heterocycles. The first-order valence-corrected chi connectivity index (χ1v) is 6.77. The van der Waals surface area contributed by atoms with E-state index in [0.717, 1.165) is 10.0 Å². The number of aromatic nitrogens is 1. The lowest BCUT2D eigenvalue weighted by molar-refractivity contribution is 0.0698. The van der Waals surface area contributed by atoms with Gasteiger partial charge in [0.25, 0.3) is 0 Å². The Morgan fingerprint density at radius 1 is 1.50 bits per heavy atom. The van der Waals surface area contributed by atoms with Gasteiger partial charge in [0.05, 0.1) is 16.9 Å². The number of nitrogens with zero attached hydrogens (tertiary/aromatic N) is 1. The van der Waals surface area contributed by atoms with Gasteiger partial charge in [-0.15, -0.1) is 0 Å². The molecule has 0 fully saturated rings. The van der Waals surface area contributed by atoms with E-state index in [2.05, 4.69) is 26.2 Å². The number of hydrogen-bond donors (Lipinski definition) is 3. The zero-order valence-corrected chi connectivity index (χ0v) is 12.8. The Balaban J connectivity index is 2.43. The molecular weight excluding hydrogens is 346 g/mol. The molecule has 0 saturated carbocycles. The standard InChI is InChI=1S/C13H11BrClN3O2/c1-6-4-8(14)10(5-9(6)15)18-12-11(16)7(13(19)20)2-3-17-12/h2-5H,16H2,1H3,(H,17,18)(H,19,20). The van der Waals surface area contributed by atoms with E-state index in [1.54, 1.807) is 6.07 Å². The number of carboxylic acids is 1. The number of benzene rings is 1. The lowest BCUT2D eigenvalue weighted by Crippen LogP contribution is -2.07. The minimum atomic E-state index is -1.10. The quantitative estimate of drug-likeness (QED) is 0.778. The van der Waals surface area contributed by atoms with E-state index in [1.807, 2.05) is 13.0 Å². The van der Waals surface area contributed by atoms with Crippen LogP contribution in [-0.4, -0.2) is 16.1 Å². The highest BCUT2D eigenvalue weighted by molar-refractivity contribution is 9.10. The number of aromatic carboxylic acids is 1. The molecule has 20 heavy (non-hydrogen) atoms. The fourth-order valence-corrected chi connectivity index (χ4v) is 2.35. The Morgan fingerprint density at radius 3 is 2.85 bits per heavy atom. The maximum Gasteiger partial charge on any atom is 0.337 e.